The largest absolute Gasteiger partial charge is 0.427 e. The summed E-state index contributed by atoms with van der Waals surface area (Å²) in [5.74, 6) is -0.534. The van der Waals surface area contributed by atoms with E-state index in [0.717, 1.165) is 24.2 Å². The van der Waals surface area contributed by atoms with Crippen molar-refractivity contribution in [2.75, 3.05) is 4.90 Å². The molecule has 1 aliphatic heterocycles. The van der Waals surface area contributed by atoms with Crippen LogP contribution in [0.2, 0.25) is 0 Å². The highest BCUT2D eigenvalue weighted by molar-refractivity contribution is 6.34. The van der Waals surface area contributed by atoms with E-state index in [2.05, 4.69) is 6.92 Å². The lowest BCUT2D eigenvalue weighted by Gasteiger charge is -2.14. The van der Waals surface area contributed by atoms with Crippen LogP contribution in [0, 0.1) is 0 Å². The maximum Gasteiger partial charge on any atom is 0.311 e. The molecular formula is C22H23NO4. The lowest BCUT2D eigenvalue weighted by molar-refractivity contribution is -0.134. The molecule has 5 heteroatoms. The quantitative estimate of drug-likeness (QED) is 0.293. The van der Waals surface area contributed by atoms with Crippen LogP contribution in [0.5, 0.6) is 5.75 Å². The number of carbonyl (C=O) groups is 3. The molecule has 0 spiro atoms. The van der Waals surface area contributed by atoms with Crippen LogP contribution in [0.25, 0.3) is 0 Å². The number of carbonyl (C=O) groups excluding carboxylic acids is 3. The zero-order chi connectivity index (χ0) is 19.2. The van der Waals surface area contributed by atoms with E-state index in [0.29, 0.717) is 29.0 Å². The van der Waals surface area contributed by atoms with E-state index in [1.807, 2.05) is 0 Å². The molecule has 2 aromatic carbocycles. The predicted molar refractivity (Wildman–Crippen MR) is 103 cm³/mol. The van der Waals surface area contributed by atoms with Gasteiger partial charge in [0.25, 0.3) is 11.8 Å². The van der Waals surface area contributed by atoms with Crippen molar-refractivity contribution in [3.8, 4) is 5.75 Å². The number of hydrogen-bond donors (Lipinski definition) is 0. The van der Waals surface area contributed by atoms with Gasteiger partial charge in [0.15, 0.2) is 0 Å². The highest BCUT2D eigenvalue weighted by Crippen LogP contribution is 2.29. The van der Waals surface area contributed by atoms with E-state index in [1.54, 1.807) is 48.5 Å². The lowest BCUT2D eigenvalue weighted by atomic mass is 10.1. The van der Waals surface area contributed by atoms with Crippen LogP contribution in [0.1, 0.15) is 66.2 Å². The second-order valence-corrected chi connectivity index (χ2v) is 6.62. The molecule has 0 N–H and O–H groups in total. The van der Waals surface area contributed by atoms with E-state index in [1.165, 1.54) is 12.8 Å². The molecule has 0 bridgehead atoms. The van der Waals surface area contributed by atoms with Crippen molar-refractivity contribution in [1.82, 2.24) is 0 Å². The number of amides is 2. The Morgan fingerprint density at radius 2 is 1.44 bits per heavy atom. The first-order chi connectivity index (χ1) is 13.1. The van der Waals surface area contributed by atoms with Gasteiger partial charge >= 0.3 is 5.97 Å². The van der Waals surface area contributed by atoms with E-state index in [-0.39, 0.29) is 17.8 Å². The first-order valence-corrected chi connectivity index (χ1v) is 9.40. The number of benzene rings is 2. The van der Waals surface area contributed by atoms with Gasteiger partial charge in [0.1, 0.15) is 5.75 Å². The maximum absolute atomic E-state index is 12.5. The van der Waals surface area contributed by atoms with E-state index in [9.17, 15) is 14.4 Å². The summed E-state index contributed by atoms with van der Waals surface area (Å²) < 4.78 is 5.33. The second-order valence-electron chi connectivity index (χ2n) is 6.62. The van der Waals surface area contributed by atoms with Crippen LogP contribution < -0.4 is 9.64 Å². The van der Waals surface area contributed by atoms with Crippen molar-refractivity contribution in [2.24, 2.45) is 0 Å². The summed E-state index contributed by atoms with van der Waals surface area (Å²) >= 11 is 0. The van der Waals surface area contributed by atoms with Crippen LogP contribution in [0.4, 0.5) is 5.69 Å². The number of unbranched alkanes of at least 4 members (excludes halogenated alkanes) is 4. The third-order valence-corrected chi connectivity index (χ3v) is 4.61. The molecule has 0 fully saturated rings. The summed E-state index contributed by atoms with van der Waals surface area (Å²) in [7, 11) is 0. The minimum absolute atomic E-state index is 0.264. The molecule has 0 radical (unpaired) electrons. The molecule has 0 atom stereocenters. The van der Waals surface area contributed by atoms with Crippen molar-refractivity contribution in [3.63, 3.8) is 0 Å². The molecule has 5 nitrogen and oxygen atoms in total. The second kappa shape index (κ2) is 8.62. The summed E-state index contributed by atoms with van der Waals surface area (Å²) in [5.41, 5.74) is 1.27. The van der Waals surface area contributed by atoms with Gasteiger partial charge in [0, 0.05) is 6.42 Å². The number of imide groups is 1. The Balaban J connectivity index is 1.59. The van der Waals surface area contributed by atoms with Gasteiger partial charge in [0.05, 0.1) is 16.8 Å². The molecule has 140 valence electrons. The maximum atomic E-state index is 12.5. The molecule has 0 saturated heterocycles. The van der Waals surface area contributed by atoms with Crippen LogP contribution in [0.15, 0.2) is 48.5 Å². The fourth-order valence-corrected chi connectivity index (χ4v) is 3.14. The normalized spacial score (nSPS) is 13.0. The van der Waals surface area contributed by atoms with Gasteiger partial charge in [-0.1, -0.05) is 44.7 Å². The predicted octanol–water partition coefficient (Wildman–Crippen LogP) is 4.75. The van der Waals surface area contributed by atoms with Crippen molar-refractivity contribution in [2.45, 2.75) is 45.4 Å². The van der Waals surface area contributed by atoms with Crippen molar-refractivity contribution >= 4 is 23.5 Å². The molecule has 0 aromatic heterocycles. The smallest absolute Gasteiger partial charge is 0.311 e. The van der Waals surface area contributed by atoms with Gasteiger partial charge in [-0.15, -0.1) is 0 Å². The lowest BCUT2D eigenvalue weighted by Crippen LogP contribution is -2.29. The van der Waals surface area contributed by atoms with Gasteiger partial charge in [-0.2, -0.15) is 0 Å². The van der Waals surface area contributed by atoms with Crippen molar-refractivity contribution in [3.05, 3.63) is 59.7 Å². The summed E-state index contributed by atoms with van der Waals surface area (Å²) in [6.45, 7) is 2.15. The summed E-state index contributed by atoms with van der Waals surface area (Å²) in [5, 5.41) is 0. The Hall–Kier alpha value is -2.95. The van der Waals surface area contributed by atoms with Crippen LogP contribution in [0.3, 0.4) is 0 Å². The molecule has 1 heterocycles. The highest BCUT2D eigenvalue weighted by Gasteiger charge is 2.36. The van der Waals surface area contributed by atoms with Gasteiger partial charge in [-0.25, -0.2) is 4.90 Å². The van der Waals surface area contributed by atoms with E-state index < -0.39 is 0 Å². The number of rotatable bonds is 8. The van der Waals surface area contributed by atoms with Gasteiger partial charge in [0.2, 0.25) is 0 Å². The fourth-order valence-electron chi connectivity index (χ4n) is 3.14. The topological polar surface area (TPSA) is 63.7 Å². The Morgan fingerprint density at radius 1 is 0.852 bits per heavy atom. The third-order valence-electron chi connectivity index (χ3n) is 4.61. The number of hydrogen-bond acceptors (Lipinski definition) is 4. The van der Waals surface area contributed by atoms with Gasteiger partial charge in [-0.05, 0) is 42.8 Å². The minimum atomic E-state index is -0.340. The van der Waals surface area contributed by atoms with E-state index in [4.69, 9.17) is 4.74 Å². The van der Waals surface area contributed by atoms with Crippen LogP contribution in [-0.4, -0.2) is 17.8 Å². The summed E-state index contributed by atoms with van der Waals surface area (Å²) in [6.07, 6.45) is 5.74. The Kier molecular flexibility index (Phi) is 6.01. The molecule has 0 aliphatic carbocycles. The number of anilines is 1. The Bertz CT molecular complexity index is 807. The number of fused-ring (bicyclic) bond motifs is 1. The summed E-state index contributed by atoms with van der Waals surface area (Å²) in [4.78, 5) is 38.0. The third kappa shape index (κ3) is 4.25. The number of ether oxygens (including phenoxy) is 1. The van der Waals surface area contributed by atoms with Gasteiger partial charge in [-0.3, -0.25) is 14.4 Å². The van der Waals surface area contributed by atoms with E-state index >= 15 is 0 Å². The molecule has 1 aliphatic rings. The Labute approximate surface area is 158 Å². The highest BCUT2D eigenvalue weighted by atomic mass is 16.5. The Morgan fingerprint density at radius 3 is 2.04 bits per heavy atom. The number of nitrogens with zero attached hydrogens (tertiary/aromatic N) is 1. The van der Waals surface area contributed by atoms with Crippen LogP contribution in [-0.2, 0) is 4.79 Å². The molecule has 0 saturated carbocycles. The summed E-state index contributed by atoms with van der Waals surface area (Å²) in [6, 6.07) is 13.2. The average molecular weight is 365 g/mol. The molecule has 0 unspecified atom stereocenters. The zero-order valence-corrected chi connectivity index (χ0v) is 15.4. The minimum Gasteiger partial charge on any atom is -0.427 e. The first-order valence-electron chi connectivity index (χ1n) is 9.40. The van der Waals surface area contributed by atoms with Crippen LogP contribution >= 0.6 is 0 Å². The average Bonchev–Trinajstić information content (AvgIpc) is 2.93. The standard InChI is InChI=1S/C22H23NO4/c1-2-3-4-5-6-11-20(24)27-17-14-12-16(13-15-17)23-21(25)18-9-7-8-10-19(18)22(23)26/h7-10,12-15H,2-6,11H2,1H3. The first kappa shape index (κ1) is 18.8. The SMILES string of the molecule is CCCCCCCC(=O)Oc1ccc(N2C(=O)c3ccccc3C2=O)cc1. The zero-order valence-electron chi connectivity index (χ0n) is 15.4. The number of esters is 1. The molecule has 27 heavy (non-hydrogen) atoms. The molecule has 2 amide bonds. The van der Waals surface area contributed by atoms with Gasteiger partial charge < -0.3 is 4.74 Å². The van der Waals surface area contributed by atoms with Crippen molar-refractivity contribution < 1.29 is 19.1 Å². The van der Waals surface area contributed by atoms with Crippen molar-refractivity contribution in [1.29, 1.82) is 0 Å². The fraction of sp³-hybridized carbons (Fsp3) is 0.318. The monoisotopic (exact) mass is 365 g/mol. The molecular weight excluding hydrogens is 342 g/mol. The molecule has 2 aromatic rings. The molecule has 3 rings (SSSR count).